The topological polar surface area (TPSA) is 150 Å². The second-order valence-corrected chi connectivity index (χ2v) is 7.26. The van der Waals surface area contributed by atoms with E-state index >= 15 is 0 Å². The van der Waals surface area contributed by atoms with Gasteiger partial charge >= 0.3 is 5.97 Å². The van der Waals surface area contributed by atoms with E-state index in [2.05, 4.69) is 5.32 Å². The quantitative estimate of drug-likeness (QED) is 0.401. The molecule has 0 spiro atoms. The van der Waals surface area contributed by atoms with Gasteiger partial charge in [-0.05, 0) is 18.4 Å². The molecule has 3 amide bonds. The largest absolute Gasteiger partial charge is 0.480 e. The number of benzene rings is 1. The summed E-state index contributed by atoms with van der Waals surface area (Å²) >= 11 is 0. The number of aliphatic hydroxyl groups is 1. The Hall–Kier alpha value is -2.78. The van der Waals surface area contributed by atoms with Crippen LogP contribution in [0, 0.1) is 5.92 Å². The van der Waals surface area contributed by atoms with Crippen molar-refractivity contribution in [2.45, 2.75) is 58.2 Å². The van der Waals surface area contributed by atoms with Gasteiger partial charge in [0.25, 0.3) is 0 Å². The number of hydrogen-bond acceptors (Lipinski definition) is 6. The lowest BCUT2D eigenvalue weighted by molar-refractivity contribution is -0.154. The van der Waals surface area contributed by atoms with Crippen molar-refractivity contribution in [3.63, 3.8) is 0 Å². The standard InChI is InChI=1S/C21H31N3O6/c1-4-13(2)18(22)20(28)24(17(26)10-11-25)16(12-15-8-6-5-7-9-15)19(27)23-14(3)21(29)30/h5-9,13-14,16,18,25H,4,10-12,22H2,1-3H3,(H,23,27)(H,29,30)/t13-,14+,16+,18+/m0/s1. The average Bonchev–Trinajstić information content (AvgIpc) is 2.72. The Kier molecular flexibility index (Phi) is 10.1. The van der Waals surface area contributed by atoms with Gasteiger partial charge in [0, 0.05) is 6.42 Å². The van der Waals surface area contributed by atoms with E-state index < -0.39 is 48.4 Å². The molecule has 0 aliphatic rings. The van der Waals surface area contributed by atoms with Crippen molar-refractivity contribution in [3.8, 4) is 0 Å². The molecule has 9 heteroatoms. The molecule has 0 radical (unpaired) electrons. The summed E-state index contributed by atoms with van der Waals surface area (Å²) in [5.41, 5.74) is 6.73. The number of carboxylic acid groups (broad SMARTS) is 1. The van der Waals surface area contributed by atoms with Crippen LogP contribution < -0.4 is 11.1 Å². The third kappa shape index (κ3) is 6.93. The van der Waals surface area contributed by atoms with Crippen molar-refractivity contribution >= 4 is 23.7 Å². The number of aliphatic carboxylic acids is 1. The summed E-state index contributed by atoms with van der Waals surface area (Å²) in [6.45, 7) is 4.38. The highest BCUT2D eigenvalue weighted by Gasteiger charge is 2.38. The van der Waals surface area contributed by atoms with Gasteiger partial charge in [0.2, 0.25) is 17.7 Å². The summed E-state index contributed by atoms with van der Waals surface area (Å²) in [5, 5.41) is 20.7. The van der Waals surface area contributed by atoms with Crippen molar-refractivity contribution in [1.29, 1.82) is 0 Å². The van der Waals surface area contributed by atoms with E-state index in [1.807, 2.05) is 6.92 Å². The lowest BCUT2D eigenvalue weighted by Crippen LogP contribution is -2.59. The second kappa shape index (κ2) is 12.0. The zero-order valence-electron chi connectivity index (χ0n) is 17.6. The van der Waals surface area contributed by atoms with E-state index in [1.165, 1.54) is 6.92 Å². The first-order valence-electron chi connectivity index (χ1n) is 9.93. The molecule has 0 aliphatic heterocycles. The molecule has 5 N–H and O–H groups in total. The van der Waals surface area contributed by atoms with E-state index in [-0.39, 0.29) is 18.8 Å². The Bertz CT molecular complexity index is 740. The molecule has 30 heavy (non-hydrogen) atoms. The molecule has 0 saturated heterocycles. The number of carbonyl (C=O) groups excluding carboxylic acids is 3. The lowest BCUT2D eigenvalue weighted by atomic mass is 9.96. The number of nitrogens with one attached hydrogen (secondary N) is 1. The maximum atomic E-state index is 13.1. The smallest absolute Gasteiger partial charge is 0.325 e. The minimum Gasteiger partial charge on any atom is -0.480 e. The molecule has 0 fully saturated rings. The van der Waals surface area contributed by atoms with Crippen LogP contribution in [-0.2, 0) is 25.6 Å². The number of aliphatic hydroxyl groups excluding tert-OH is 1. The first-order chi connectivity index (χ1) is 14.1. The fourth-order valence-corrected chi connectivity index (χ4v) is 2.83. The Labute approximate surface area is 176 Å². The van der Waals surface area contributed by atoms with E-state index in [1.54, 1.807) is 37.3 Å². The van der Waals surface area contributed by atoms with Crippen molar-refractivity contribution < 1.29 is 29.4 Å². The number of nitrogens with two attached hydrogens (primary N) is 1. The molecule has 0 aliphatic carbocycles. The molecule has 4 atom stereocenters. The highest BCUT2D eigenvalue weighted by atomic mass is 16.4. The van der Waals surface area contributed by atoms with Crippen LogP contribution in [0.3, 0.4) is 0 Å². The fourth-order valence-electron chi connectivity index (χ4n) is 2.83. The average molecular weight is 421 g/mol. The van der Waals surface area contributed by atoms with E-state index in [9.17, 15) is 24.3 Å². The molecule has 0 bridgehead atoms. The van der Waals surface area contributed by atoms with Gasteiger partial charge in [-0.1, -0.05) is 50.6 Å². The first kappa shape index (κ1) is 25.3. The van der Waals surface area contributed by atoms with Gasteiger partial charge in [-0.15, -0.1) is 0 Å². The third-order valence-corrected chi connectivity index (χ3v) is 4.99. The molecule has 1 rings (SSSR count). The van der Waals surface area contributed by atoms with Crippen LogP contribution >= 0.6 is 0 Å². The molecular weight excluding hydrogens is 390 g/mol. The third-order valence-electron chi connectivity index (χ3n) is 4.99. The van der Waals surface area contributed by atoms with Gasteiger partial charge in [0.1, 0.15) is 12.1 Å². The molecule has 0 unspecified atom stereocenters. The minimum atomic E-state index is -1.31. The number of rotatable bonds is 11. The maximum Gasteiger partial charge on any atom is 0.325 e. The Morgan fingerprint density at radius 1 is 1.13 bits per heavy atom. The second-order valence-electron chi connectivity index (χ2n) is 7.26. The Balaban J connectivity index is 3.37. The number of amides is 3. The molecule has 9 nitrogen and oxygen atoms in total. The van der Waals surface area contributed by atoms with Crippen LogP contribution in [0.5, 0.6) is 0 Å². The fraction of sp³-hybridized carbons (Fsp3) is 0.524. The number of hydrogen-bond donors (Lipinski definition) is 4. The number of carbonyl (C=O) groups is 4. The van der Waals surface area contributed by atoms with Crippen LogP contribution in [0.25, 0.3) is 0 Å². The Morgan fingerprint density at radius 3 is 2.23 bits per heavy atom. The summed E-state index contributed by atoms with van der Waals surface area (Å²) < 4.78 is 0. The van der Waals surface area contributed by atoms with E-state index in [0.717, 1.165) is 4.90 Å². The van der Waals surface area contributed by atoms with Crippen LogP contribution in [-0.4, -0.2) is 63.5 Å². The predicted molar refractivity (Wildman–Crippen MR) is 110 cm³/mol. The molecular formula is C21H31N3O6. The van der Waals surface area contributed by atoms with Gasteiger partial charge in [0.15, 0.2) is 0 Å². The van der Waals surface area contributed by atoms with Gasteiger partial charge in [-0.25, -0.2) is 0 Å². The SMILES string of the molecule is CC[C@H](C)[C@@H](N)C(=O)N(C(=O)CCO)[C@H](Cc1ccccc1)C(=O)N[C@H](C)C(=O)O. The lowest BCUT2D eigenvalue weighted by Gasteiger charge is -2.33. The minimum absolute atomic E-state index is 0.0187. The zero-order valence-corrected chi connectivity index (χ0v) is 17.6. The van der Waals surface area contributed by atoms with Gasteiger partial charge in [-0.3, -0.25) is 24.1 Å². The molecule has 1 aromatic carbocycles. The maximum absolute atomic E-state index is 13.1. The van der Waals surface area contributed by atoms with Crippen LogP contribution in [0.4, 0.5) is 0 Å². The van der Waals surface area contributed by atoms with Gasteiger partial charge < -0.3 is 21.3 Å². The molecule has 0 heterocycles. The van der Waals surface area contributed by atoms with Crippen LogP contribution in [0.1, 0.15) is 39.2 Å². The van der Waals surface area contributed by atoms with Gasteiger partial charge in [-0.2, -0.15) is 0 Å². The van der Waals surface area contributed by atoms with Crippen molar-refractivity contribution in [2.24, 2.45) is 11.7 Å². The van der Waals surface area contributed by atoms with Crippen molar-refractivity contribution in [1.82, 2.24) is 10.2 Å². The van der Waals surface area contributed by atoms with Crippen molar-refractivity contribution in [2.75, 3.05) is 6.61 Å². The van der Waals surface area contributed by atoms with E-state index in [4.69, 9.17) is 10.8 Å². The summed E-state index contributed by atoms with van der Waals surface area (Å²) in [6.07, 6.45) is 0.196. The number of imide groups is 1. The normalized spacial score (nSPS) is 14.8. The molecule has 0 saturated carbocycles. The molecule has 166 valence electrons. The summed E-state index contributed by atoms with van der Waals surface area (Å²) in [5.74, 6) is -3.77. The summed E-state index contributed by atoms with van der Waals surface area (Å²) in [4.78, 5) is 50.8. The zero-order chi connectivity index (χ0) is 22.8. The molecule has 1 aromatic rings. The van der Waals surface area contributed by atoms with Crippen molar-refractivity contribution in [3.05, 3.63) is 35.9 Å². The molecule has 0 aromatic heterocycles. The summed E-state index contributed by atoms with van der Waals surface area (Å²) in [7, 11) is 0. The van der Waals surface area contributed by atoms with Crippen LogP contribution in [0.2, 0.25) is 0 Å². The van der Waals surface area contributed by atoms with Crippen LogP contribution in [0.15, 0.2) is 30.3 Å². The Morgan fingerprint density at radius 2 is 1.73 bits per heavy atom. The first-order valence-corrected chi connectivity index (χ1v) is 9.93. The van der Waals surface area contributed by atoms with E-state index in [0.29, 0.717) is 12.0 Å². The highest BCUT2D eigenvalue weighted by Crippen LogP contribution is 2.16. The predicted octanol–water partition coefficient (Wildman–Crippen LogP) is 0.298. The highest BCUT2D eigenvalue weighted by molar-refractivity contribution is 6.03. The van der Waals surface area contributed by atoms with Gasteiger partial charge in [0.05, 0.1) is 19.1 Å². The number of carboxylic acids is 1. The number of nitrogens with zero attached hydrogens (tertiary/aromatic N) is 1. The monoisotopic (exact) mass is 421 g/mol. The summed E-state index contributed by atoms with van der Waals surface area (Å²) in [6, 6.07) is 5.18.